The Kier molecular flexibility index (Phi) is 9.84. The second-order valence-electron chi connectivity index (χ2n) is 9.90. The molecule has 2 aromatic carbocycles. The molecule has 1 saturated heterocycles. The van der Waals surface area contributed by atoms with Gasteiger partial charge in [-0.05, 0) is 53.0 Å². The van der Waals surface area contributed by atoms with Gasteiger partial charge in [0.25, 0.3) is 5.91 Å². The quantitative estimate of drug-likeness (QED) is 0.143. The zero-order valence-corrected chi connectivity index (χ0v) is 25.0. The first-order chi connectivity index (χ1) is 19.5. The zero-order chi connectivity index (χ0) is 29.9. The Hall–Kier alpha value is -2.86. The van der Waals surface area contributed by atoms with Crippen LogP contribution in [0.5, 0.6) is 0 Å². The van der Waals surface area contributed by atoms with Gasteiger partial charge in [0, 0.05) is 18.0 Å². The first-order valence-electron chi connectivity index (χ1n) is 12.9. The number of nitrogens with one attached hydrogen (secondary N) is 1. The molecule has 0 spiro atoms. The van der Waals surface area contributed by atoms with Gasteiger partial charge in [-0.25, -0.2) is 4.79 Å². The van der Waals surface area contributed by atoms with Crippen molar-refractivity contribution >= 4 is 63.1 Å². The average molecular weight is 621 g/mol. The Morgan fingerprint density at radius 1 is 1.22 bits per heavy atom. The lowest BCUT2D eigenvalue weighted by Crippen LogP contribution is -2.59. The van der Waals surface area contributed by atoms with Crippen molar-refractivity contribution in [3.05, 3.63) is 82.0 Å². The van der Waals surface area contributed by atoms with Crippen molar-refractivity contribution in [2.75, 3.05) is 24.7 Å². The maximum atomic E-state index is 13.4. The monoisotopic (exact) mass is 619 g/mol. The number of hydrogen-bond donors (Lipinski definition) is 2. The second kappa shape index (κ2) is 13.0. The number of hydrogen-bond acceptors (Lipinski definition) is 7. The van der Waals surface area contributed by atoms with E-state index in [-0.39, 0.29) is 30.6 Å². The largest absolute Gasteiger partial charge is 0.616 e. The molecular weight excluding hydrogens is 589 g/mol. The first kappa shape index (κ1) is 31.1. The van der Waals surface area contributed by atoms with Crippen molar-refractivity contribution in [1.82, 2.24) is 9.88 Å². The molecule has 0 aliphatic carbocycles. The molecule has 41 heavy (non-hydrogen) atoms. The zero-order valence-electron chi connectivity index (χ0n) is 22.7. The minimum absolute atomic E-state index is 0.126. The van der Waals surface area contributed by atoms with Gasteiger partial charge in [0.2, 0.25) is 0 Å². The minimum atomic E-state index is -1.37. The minimum Gasteiger partial charge on any atom is -0.616 e. The van der Waals surface area contributed by atoms with Crippen LogP contribution in [0.15, 0.2) is 55.1 Å². The summed E-state index contributed by atoms with van der Waals surface area (Å²) in [6, 6.07) is 11.2. The molecule has 3 aromatic rings. The molecule has 1 aromatic heterocycles. The fraction of sp³-hybridized carbons (Fsp3) is 0.345. The van der Waals surface area contributed by atoms with E-state index in [2.05, 4.69) is 11.9 Å². The summed E-state index contributed by atoms with van der Waals surface area (Å²) < 4.78 is 24.1. The summed E-state index contributed by atoms with van der Waals surface area (Å²) in [6.45, 7) is 5.85. The molecular formula is C29H31Cl2N3O6S. The van der Waals surface area contributed by atoms with Crippen molar-refractivity contribution in [3.8, 4) is 0 Å². The summed E-state index contributed by atoms with van der Waals surface area (Å²) in [5.74, 6) is -2.61. The molecule has 1 aliphatic rings. The summed E-state index contributed by atoms with van der Waals surface area (Å²) in [4.78, 5) is 38.5. The van der Waals surface area contributed by atoms with Crippen molar-refractivity contribution in [2.24, 2.45) is 12.8 Å². The lowest BCUT2D eigenvalue weighted by atomic mass is 9.85. The van der Waals surface area contributed by atoms with Gasteiger partial charge in [0.05, 0.1) is 29.2 Å². The van der Waals surface area contributed by atoms with Crippen LogP contribution in [0, 0.1) is 0 Å². The fourth-order valence-corrected chi connectivity index (χ4v) is 6.07. The number of carbonyl (C=O) groups is 3. The van der Waals surface area contributed by atoms with Crippen LogP contribution >= 0.6 is 23.2 Å². The number of aromatic nitrogens is 1. The van der Waals surface area contributed by atoms with Gasteiger partial charge < -0.3 is 29.6 Å². The van der Waals surface area contributed by atoms with E-state index in [0.717, 1.165) is 11.1 Å². The maximum absolute atomic E-state index is 13.4. The summed E-state index contributed by atoms with van der Waals surface area (Å²) in [5.41, 5.74) is 7.64. The second-order valence-corrected chi connectivity index (χ2v) is 12.2. The Morgan fingerprint density at radius 2 is 1.90 bits per heavy atom. The number of carbonyl (C=O) groups excluding carboxylic acids is 3. The van der Waals surface area contributed by atoms with Gasteiger partial charge in [-0.3, -0.25) is 9.59 Å². The number of benzene rings is 2. The summed E-state index contributed by atoms with van der Waals surface area (Å²) in [7, 11) is 1.78. The molecule has 0 bridgehead atoms. The molecule has 2 unspecified atom stereocenters. The standard InChI is InChI=1S/C29H31Cl2N3O6S/c1-4-12-41(38)14-22(32)28(37)40-27(36)19(5-2)17-6-8-18(9-7-17)29(15-39-16-29)33-26(35)24-13-20-23(34(24)3)11-10-21(30)25(20)31/h4,6-11,13,19,22H,1,5,12,14-16,32H2,2-3H3,(H,33,35)/t19?,22-,41?/m0/s1. The van der Waals surface area contributed by atoms with E-state index in [1.807, 2.05) is 18.2 Å². The molecule has 0 radical (unpaired) electrons. The summed E-state index contributed by atoms with van der Waals surface area (Å²) in [6.07, 6.45) is 1.85. The third kappa shape index (κ3) is 6.48. The number of nitrogens with two attached hydrogens (primary N) is 1. The third-order valence-electron chi connectivity index (χ3n) is 7.13. The van der Waals surface area contributed by atoms with Gasteiger partial charge in [0.15, 0.2) is 0 Å². The van der Waals surface area contributed by atoms with E-state index >= 15 is 0 Å². The molecule has 0 saturated carbocycles. The van der Waals surface area contributed by atoms with E-state index in [4.69, 9.17) is 38.4 Å². The number of halogens is 2. The highest BCUT2D eigenvalue weighted by molar-refractivity contribution is 7.91. The van der Waals surface area contributed by atoms with Crippen LogP contribution in [0.4, 0.5) is 0 Å². The molecule has 3 N–H and O–H groups in total. The van der Waals surface area contributed by atoms with Gasteiger partial charge in [0.1, 0.15) is 28.8 Å². The SMILES string of the molecule is C=CC[S+]([O-])C[C@H](N)C(=O)OC(=O)C(CC)c1ccc(C2(NC(=O)c3cc4c(Cl)c(Cl)ccc4n3C)COC2)cc1. The Balaban J connectivity index is 1.47. The highest BCUT2D eigenvalue weighted by atomic mass is 35.5. The van der Waals surface area contributed by atoms with Crippen LogP contribution < -0.4 is 11.1 Å². The number of fused-ring (bicyclic) bond motifs is 1. The molecule has 2 heterocycles. The number of aryl methyl sites for hydroxylation is 1. The smallest absolute Gasteiger partial charge is 0.335 e. The number of esters is 2. The molecule has 9 nitrogen and oxygen atoms in total. The van der Waals surface area contributed by atoms with Crippen molar-refractivity contribution < 1.29 is 28.4 Å². The third-order valence-corrected chi connectivity index (χ3v) is 9.28. The van der Waals surface area contributed by atoms with Gasteiger partial charge in [-0.15, -0.1) is 0 Å². The van der Waals surface area contributed by atoms with E-state index < -0.39 is 40.6 Å². The predicted octanol–water partition coefficient (Wildman–Crippen LogP) is 3.97. The Labute approximate surface area is 251 Å². The molecule has 218 valence electrons. The number of rotatable bonds is 11. The van der Waals surface area contributed by atoms with E-state index in [1.54, 1.807) is 42.8 Å². The van der Waals surface area contributed by atoms with E-state index in [0.29, 0.717) is 33.1 Å². The molecule has 1 amide bonds. The van der Waals surface area contributed by atoms with Crippen LogP contribution in [0.1, 0.15) is 40.9 Å². The van der Waals surface area contributed by atoms with Crippen molar-refractivity contribution in [3.63, 3.8) is 0 Å². The molecule has 1 aliphatic heterocycles. The maximum Gasteiger partial charge on any atom is 0.335 e. The lowest BCUT2D eigenvalue weighted by molar-refractivity contribution is -0.161. The number of amides is 1. The van der Waals surface area contributed by atoms with Crippen molar-refractivity contribution in [1.29, 1.82) is 0 Å². The van der Waals surface area contributed by atoms with E-state index in [1.165, 1.54) is 6.08 Å². The molecule has 4 rings (SSSR count). The van der Waals surface area contributed by atoms with Gasteiger partial charge >= 0.3 is 11.9 Å². The normalized spacial score (nSPS) is 16.3. The predicted molar refractivity (Wildman–Crippen MR) is 160 cm³/mol. The highest BCUT2D eigenvalue weighted by Gasteiger charge is 2.42. The van der Waals surface area contributed by atoms with Crippen LogP contribution in [0.25, 0.3) is 10.9 Å². The van der Waals surface area contributed by atoms with Crippen LogP contribution in [0.2, 0.25) is 10.0 Å². The van der Waals surface area contributed by atoms with Gasteiger partial charge in [-0.1, -0.05) is 61.0 Å². The lowest BCUT2D eigenvalue weighted by Gasteiger charge is -2.42. The topological polar surface area (TPSA) is 136 Å². The highest BCUT2D eigenvalue weighted by Crippen LogP contribution is 2.35. The molecule has 12 heteroatoms. The van der Waals surface area contributed by atoms with Gasteiger partial charge in [-0.2, -0.15) is 0 Å². The van der Waals surface area contributed by atoms with E-state index in [9.17, 15) is 18.9 Å². The number of ether oxygens (including phenoxy) is 2. The first-order valence-corrected chi connectivity index (χ1v) is 15.2. The molecule has 3 atom stereocenters. The Morgan fingerprint density at radius 3 is 2.49 bits per heavy atom. The van der Waals surface area contributed by atoms with Crippen molar-refractivity contribution in [2.45, 2.75) is 30.8 Å². The Bertz CT molecular complexity index is 1470. The fourth-order valence-electron chi connectivity index (χ4n) is 4.75. The average Bonchev–Trinajstić information content (AvgIpc) is 3.26. The van der Waals surface area contributed by atoms with Crippen LogP contribution in [-0.2, 0) is 42.8 Å². The molecule has 1 fully saturated rings. The number of nitrogens with zero attached hydrogens (tertiary/aromatic N) is 1. The van der Waals surface area contributed by atoms with Crippen LogP contribution in [0.3, 0.4) is 0 Å². The van der Waals surface area contributed by atoms with Crippen LogP contribution in [-0.4, -0.2) is 57.7 Å². The summed E-state index contributed by atoms with van der Waals surface area (Å²) in [5, 5.41) is 4.57. The summed E-state index contributed by atoms with van der Waals surface area (Å²) >= 11 is 11.1.